The van der Waals surface area contributed by atoms with Gasteiger partial charge in [0.15, 0.2) is 0 Å². The Kier molecular flexibility index (Phi) is 3.30. The molecule has 3 aromatic rings. The first-order chi connectivity index (χ1) is 10.6. The maximum absolute atomic E-state index is 12.1. The van der Waals surface area contributed by atoms with E-state index in [-0.39, 0.29) is 23.8 Å². The summed E-state index contributed by atoms with van der Waals surface area (Å²) in [5, 5.41) is 14.4. The lowest BCUT2D eigenvalue weighted by atomic mass is 10.3. The predicted octanol–water partition coefficient (Wildman–Crippen LogP) is -0.0976. The number of aromatic nitrogens is 5. The third-order valence-corrected chi connectivity index (χ3v) is 3.16. The van der Waals surface area contributed by atoms with E-state index in [1.807, 2.05) is 24.3 Å². The molecule has 0 fully saturated rings. The Morgan fingerprint density at radius 3 is 2.86 bits per heavy atom. The van der Waals surface area contributed by atoms with Crippen molar-refractivity contribution < 1.29 is 9.59 Å². The highest BCUT2D eigenvalue weighted by molar-refractivity contribution is 6.01. The Hall–Kier alpha value is -3.23. The highest BCUT2D eigenvalue weighted by Gasteiger charge is 2.17. The van der Waals surface area contributed by atoms with E-state index < -0.39 is 5.91 Å². The summed E-state index contributed by atoms with van der Waals surface area (Å²) in [7, 11) is 1.57. The molecule has 112 valence electrons. The van der Waals surface area contributed by atoms with Crippen molar-refractivity contribution in [3.63, 3.8) is 0 Å². The van der Waals surface area contributed by atoms with Crippen molar-refractivity contribution in [1.82, 2.24) is 24.8 Å². The number of primary amides is 1. The number of amides is 2. The lowest BCUT2D eigenvalue weighted by Gasteiger charge is -2.05. The minimum atomic E-state index is -0.665. The van der Waals surface area contributed by atoms with Crippen LogP contribution >= 0.6 is 0 Å². The molecule has 1 aromatic carbocycles. The summed E-state index contributed by atoms with van der Waals surface area (Å²) in [5.74, 6) is -1.02. The molecule has 2 aromatic heterocycles. The van der Waals surface area contributed by atoms with Gasteiger partial charge in [0, 0.05) is 7.05 Å². The second kappa shape index (κ2) is 5.28. The third-order valence-electron chi connectivity index (χ3n) is 3.16. The second-order valence-corrected chi connectivity index (χ2v) is 4.68. The summed E-state index contributed by atoms with van der Waals surface area (Å²) in [6.07, 6.45) is 1.37. The molecule has 0 bridgehead atoms. The summed E-state index contributed by atoms with van der Waals surface area (Å²) in [6, 6.07) is 7.31. The van der Waals surface area contributed by atoms with Crippen LogP contribution in [0.25, 0.3) is 11.0 Å². The first-order valence-electron chi connectivity index (χ1n) is 6.46. The van der Waals surface area contributed by atoms with E-state index in [1.165, 1.54) is 15.6 Å². The minimum Gasteiger partial charge on any atom is -0.364 e. The van der Waals surface area contributed by atoms with Gasteiger partial charge in [-0.1, -0.05) is 17.3 Å². The van der Waals surface area contributed by atoms with E-state index in [2.05, 4.69) is 20.7 Å². The van der Waals surface area contributed by atoms with Crippen molar-refractivity contribution in [3.8, 4) is 0 Å². The maximum Gasteiger partial charge on any atom is 0.269 e. The molecule has 3 N–H and O–H groups in total. The zero-order chi connectivity index (χ0) is 15.7. The Bertz CT molecular complexity index is 864. The number of rotatable bonds is 4. The lowest BCUT2D eigenvalue weighted by Crippen LogP contribution is -2.23. The van der Waals surface area contributed by atoms with Crippen molar-refractivity contribution in [2.24, 2.45) is 12.8 Å². The van der Waals surface area contributed by atoms with E-state index in [0.717, 1.165) is 5.52 Å². The van der Waals surface area contributed by atoms with Crippen molar-refractivity contribution in [2.75, 3.05) is 5.32 Å². The van der Waals surface area contributed by atoms with E-state index >= 15 is 0 Å². The molecule has 22 heavy (non-hydrogen) atoms. The average Bonchev–Trinajstić information content (AvgIpc) is 3.03. The van der Waals surface area contributed by atoms with Crippen molar-refractivity contribution >= 4 is 28.5 Å². The number of hydrogen-bond donors (Lipinski definition) is 2. The molecule has 0 saturated carbocycles. The third kappa shape index (κ3) is 2.39. The first-order valence-corrected chi connectivity index (χ1v) is 6.46. The SMILES string of the molecule is Cn1ncc(NC(=O)Cn2nnc3ccccc32)c1C(N)=O. The number of nitrogens with two attached hydrogens (primary N) is 1. The molecule has 0 atom stereocenters. The highest BCUT2D eigenvalue weighted by atomic mass is 16.2. The van der Waals surface area contributed by atoms with Gasteiger partial charge in [0.1, 0.15) is 17.8 Å². The lowest BCUT2D eigenvalue weighted by molar-refractivity contribution is -0.116. The van der Waals surface area contributed by atoms with Gasteiger partial charge in [-0.15, -0.1) is 5.10 Å². The molecule has 0 aliphatic carbocycles. The number of anilines is 1. The molecule has 0 unspecified atom stereocenters. The zero-order valence-corrected chi connectivity index (χ0v) is 11.7. The largest absolute Gasteiger partial charge is 0.364 e. The highest BCUT2D eigenvalue weighted by Crippen LogP contribution is 2.14. The van der Waals surface area contributed by atoms with Crippen LogP contribution in [0.1, 0.15) is 10.5 Å². The Balaban J connectivity index is 1.80. The van der Waals surface area contributed by atoms with Gasteiger partial charge in [-0.3, -0.25) is 14.3 Å². The number of para-hydroxylation sites is 1. The van der Waals surface area contributed by atoms with Crippen LogP contribution in [-0.2, 0) is 18.4 Å². The Morgan fingerprint density at radius 2 is 2.09 bits per heavy atom. The van der Waals surface area contributed by atoms with Gasteiger partial charge in [0.25, 0.3) is 5.91 Å². The Labute approximate surface area is 124 Å². The number of nitrogens with zero attached hydrogens (tertiary/aromatic N) is 5. The molecular formula is C13H13N7O2. The monoisotopic (exact) mass is 299 g/mol. The summed E-state index contributed by atoms with van der Waals surface area (Å²) in [4.78, 5) is 23.5. The predicted molar refractivity (Wildman–Crippen MR) is 77.9 cm³/mol. The number of benzene rings is 1. The molecule has 3 rings (SSSR count). The zero-order valence-electron chi connectivity index (χ0n) is 11.7. The number of carbonyl (C=O) groups excluding carboxylic acids is 2. The van der Waals surface area contributed by atoms with Gasteiger partial charge in [0.05, 0.1) is 17.4 Å². The fourth-order valence-electron chi connectivity index (χ4n) is 2.18. The van der Waals surface area contributed by atoms with Crippen LogP contribution in [0.5, 0.6) is 0 Å². The van der Waals surface area contributed by atoms with Gasteiger partial charge < -0.3 is 11.1 Å². The van der Waals surface area contributed by atoms with Gasteiger partial charge in [-0.05, 0) is 12.1 Å². The molecule has 9 heteroatoms. The molecule has 0 radical (unpaired) electrons. The van der Waals surface area contributed by atoms with Crippen LogP contribution in [0.3, 0.4) is 0 Å². The summed E-state index contributed by atoms with van der Waals surface area (Å²) in [6.45, 7) is -0.0341. The van der Waals surface area contributed by atoms with E-state index in [9.17, 15) is 9.59 Å². The molecule has 2 heterocycles. The van der Waals surface area contributed by atoms with Gasteiger partial charge >= 0.3 is 0 Å². The molecule has 0 saturated heterocycles. The Morgan fingerprint density at radius 1 is 1.32 bits per heavy atom. The normalized spacial score (nSPS) is 10.8. The fourth-order valence-corrected chi connectivity index (χ4v) is 2.18. The van der Waals surface area contributed by atoms with Crippen LogP contribution in [0.2, 0.25) is 0 Å². The van der Waals surface area contributed by atoms with Crippen LogP contribution in [0.4, 0.5) is 5.69 Å². The summed E-state index contributed by atoms with van der Waals surface area (Å²) >= 11 is 0. The molecule has 0 spiro atoms. The number of fused-ring (bicyclic) bond motifs is 1. The minimum absolute atomic E-state index is 0.0341. The van der Waals surface area contributed by atoms with Crippen LogP contribution in [0.15, 0.2) is 30.5 Å². The molecular weight excluding hydrogens is 286 g/mol. The van der Waals surface area contributed by atoms with Crippen LogP contribution < -0.4 is 11.1 Å². The number of nitrogens with one attached hydrogen (secondary N) is 1. The number of carbonyl (C=O) groups is 2. The van der Waals surface area contributed by atoms with Crippen molar-refractivity contribution in [2.45, 2.75) is 6.54 Å². The van der Waals surface area contributed by atoms with Crippen molar-refractivity contribution in [1.29, 1.82) is 0 Å². The standard InChI is InChI=1S/C13H13N7O2/c1-19-12(13(14)22)9(6-15-19)16-11(21)7-20-10-5-3-2-4-8(10)17-18-20/h2-6H,7H2,1H3,(H2,14,22)(H,16,21). The first kappa shape index (κ1) is 13.7. The summed E-state index contributed by atoms with van der Waals surface area (Å²) < 4.78 is 2.79. The smallest absolute Gasteiger partial charge is 0.269 e. The van der Waals surface area contributed by atoms with Gasteiger partial charge in [0.2, 0.25) is 5.91 Å². The summed E-state index contributed by atoms with van der Waals surface area (Å²) in [5.41, 5.74) is 7.12. The van der Waals surface area contributed by atoms with Crippen LogP contribution in [0, 0.1) is 0 Å². The van der Waals surface area contributed by atoms with Crippen molar-refractivity contribution in [3.05, 3.63) is 36.2 Å². The average molecular weight is 299 g/mol. The quantitative estimate of drug-likeness (QED) is 0.697. The van der Waals surface area contributed by atoms with E-state index in [1.54, 1.807) is 7.05 Å². The van der Waals surface area contributed by atoms with Crippen LogP contribution in [-0.4, -0.2) is 36.6 Å². The molecule has 2 amide bonds. The second-order valence-electron chi connectivity index (χ2n) is 4.68. The molecule has 9 nitrogen and oxygen atoms in total. The molecule has 0 aliphatic rings. The fraction of sp³-hybridized carbons (Fsp3) is 0.154. The van der Waals surface area contributed by atoms with Gasteiger partial charge in [-0.25, -0.2) is 4.68 Å². The topological polar surface area (TPSA) is 121 Å². The maximum atomic E-state index is 12.1. The van der Waals surface area contributed by atoms with Gasteiger partial charge in [-0.2, -0.15) is 5.10 Å². The number of hydrogen-bond acceptors (Lipinski definition) is 5. The molecule has 0 aliphatic heterocycles. The number of aryl methyl sites for hydroxylation is 1. The van der Waals surface area contributed by atoms with E-state index in [4.69, 9.17) is 5.73 Å². The van der Waals surface area contributed by atoms with E-state index in [0.29, 0.717) is 5.52 Å².